The number of quaternary nitrogens is 9. The molecule has 2 atom stereocenters. The highest BCUT2D eigenvalue weighted by Crippen LogP contribution is 2.19. The van der Waals surface area contributed by atoms with Gasteiger partial charge in [0.1, 0.15) is 26.3 Å². The van der Waals surface area contributed by atoms with Gasteiger partial charge in [-0.15, -0.1) is 0 Å². The first-order valence-corrected chi connectivity index (χ1v) is 56.3. The van der Waals surface area contributed by atoms with Gasteiger partial charge in [0.25, 0.3) is 36.7 Å². The Balaban J connectivity index is -0.000000182. The molecule has 0 aromatic carbocycles. The molecule has 130 heavy (non-hydrogen) atoms. The minimum Gasteiger partial charge on any atom is -0.443 e. The van der Waals surface area contributed by atoms with Crippen molar-refractivity contribution in [2.45, 2.75) is 222 Å². The van der Waals surface area contributed by atoms with Gasteiger partial charge in [-0.1, -0.05) is 164 Å². The van der Waals surface area contributed by atoms with Crippen molar-refractivity contribution in [2.75, 3.05) is 341 Å². The van der Waals surface area contributed by atoms with Gasteiger partial charge in [-0.3, -0.25) is 33.6 Å². The van der Waals surface area contributed by atoms with Gasteiger partial charge in [-0.05, 0) is 140 Å². The molecule has 0 fully saturated rings. The van der Waals surface area contributed by atoms with Crippen molar-refractivity contribution >= 4 is 131 Å². The molecule has 36 heteroatoms. The number of ether oxygens (including phenoxy) is 2. The van der Waals surface area contributed by atoms with E-state index in [0.717, 1.165) is 205 Å². The summed E-state index contributed by atoms with van der Waals surface area (Å²) in [5, 5.41) is 7.01. The lowest BCUT2D eigenvalue weighted by Gasteiger charge is -2.37. The average molecular weight is 2000 g/mol. The zero-order valence-electron chi connectivity index (χ0n) is 90.6. The highest BCUT2D eigenvalue weighted by molar-refractivity contribution is 8.15. The number of unbranched alkanes of at least 4 members (excludes halogenated alkanes) is 2. The summed E-state index contributed by atoms with van der Waals surface area (Å²) < 4.78 is 20.0. The number of nitrogens with two attached hydrogens (primary N) is 4. The molecule has 0 heterocycles. The van der Waals surface area contributed by atoms with Crippen LogP contribution in [-0.4, -0.2) is 440 Å². The Kier molecular flexibility index (Phi) is 101. The number of rotatable bonds is 60. The van der Waals surface area contributed by atoms with Crippen LogP contribution in [0.25, 0.3) is 0 Å². The molecule has 780 valence electrons. The van der Waals surface area contributed by atoms with Crippen LogP contribution in [0.4, 0.5) is 43.2 Å². The summed E-state index contributed by atoms with van der Waals surface area (Å²) >= 11 is 9.04. The summed E-state index contributed by atoms with van der Waals surface area (Å²) in [5.41, 5.74) is 20.3. The highest BCUT2D eigenvalue weighted by Gasteiger charge is 2.30. The first kappa shape index (κ1) is 145. The smallest absolute Gasteiger partial charge is 0.409 e. The lowest BCUT2D eigenvalue weighted by Crippen LogP contribution is -2.51. The second-order valence-electron chi connectivity index (χ2n) is 35.8. The van der Waals surface area contributed by atoms with Crippen molar-refractivity contribution in [3.8, 4) is 0 Å². The predicted molar refractivity (Wildman–Crippen MR) is 577 cm³/mol. The summed E-state index contributed by atoms with van der Waals surface area (Å²) in [5.74, 6) is 6.06. The quantitative estimate of drug-likeness (QED) is 0.0278. The monoisotopic (exact) mass is 2000 g/mol. The fourth-order valence-electron chi connectivity index (χ4n) is 14.8. The Morgan fingerprint density at radius 1 is 0.238 bits per heavy atom. The van der Waals surface area contributed by atoms with Crippen molar-refractivity contribution in [1.29, 1.82) is 0 Å². The van der Waals surface area contributed by atoms with Crippen molar-refractivity contribution in [1.82, 2.24) is 25.8 Å². The maximum atomic E-state index is 11.4. The average Bonchev–Trinajstić information content (AvgIpc) is 0.864. The topological polar surface area (TPSA) is 319 Å². The van der Waals surface area contributed by atoms with Crippen molar-refractivity contribution in [3.05, 3.63) is 0 Å². The van der Waals surface area contributed by atoms with Crippen LogP contribution in [0.5, 0.6) is 0 Å². The van der Waals surface area contributed by atoms with Crippen LogP contribution in [-0.2, 0) is 9.47 Å². The fourth-order valence-corrected chi connectivity index (χ4v) is 20.2. The molecule has 29 nitrogen and oxygen atoms in total. The normalized spacial score (nSPS) is 12.2. The molecule has 0 aromatic heterocycles. The molecule has 2 unspecified atom stereocenters. The zero-order valence-corrected chi connectivity index (χ0v) is 96.4. The lowest BCUT2D eigenvalue weighted by molar-refractivity contribution is -0.927. The first-order valence-electron chi connectivity index (χ1n) is 49.4. The van der Waals surface area contributed by atoms with E-state index in [4.69, 9.17) is 32.4 Å². The lowest BCUT2D eigenvalue weighted by atomic mass is 10.2. The molecule has 0 radical (unpaired) electrons. The molecule has 0 aliphatic carbocycles. The zero-order chi connectivity index (χ0) is 102. The molecule has 9 amide bonds. The number of hydrogen-bond acceptors (Lipinski definition) is 18. The minimum absolute atomic E-state index is 0.0541. The largest absolute Gasteiger partial charge is 0.443 e. The molecule has 0 bridgehead atoms. The molecule has 0 spiro atoms. The van der Waals surface area contributed by atoms with Crippen molar-refractivity contribution < 1.29 is 93.0 Å². The minimum atomic E-state index is -0.284. The van der Waals surface area contributed by atoms with Gasteiger partial charge in [-0.25, -0.2) is 9.59 Å². The van der Waals surface area contributed by atoms with Gasteiger partial charge in [0.15, 0.2) is 0 Å². The fraction of sp³-hybridized carbons (Fsp3) is 0.904. The van der Waals surface area contributed by atoms with E-state index < -0.39 is 0 Å². The summed E-state index contributed by atoms with van der Waals surface area (Å²) in [6, 6.07) is 0. The Morgan fingerprint density at radius 2 is 0.408 bits per heavy atom. The number of primary amides is 4. The molecule has 0 aromatic rings. The van der Waals surface area contributed by atoms with E-state index in [1.807, 2.05) is 0 Å². The third-order valence-corrected chi connectivity index (χ3v) is 29.1. The Labute approximate surface area is 831 Å². The van der Waals surface area contributed by atoms with Gasteiger partial charge >= 0.3 is 12.2 Å². The number of likely N-dealkylation sites (N-methyl/N-ethyl adjacent to an activating group) is 2. The van der Waals surface area contributed by atoms with Gasteiger partial charge in [0.05, 0.1) is 266 Å². The van der Waals surface area contributed by atoms with E-state index in [0.29, 0.717) is 13.2 Å². The third-order valence-electron chi connectivity index (χ3n) is 23.9. The summed E-state index contributed by atoms with van der Waals surface area (Å²) in [6.07, 6.45) is 14.1. The van der Waals surface area contributed by atoms with Gasteiger partial charge in [0, 0.05) is 49.3 Å². The predicted octanol–water partition coefficient (Wildman–Crippen LogP) is 18.0. The van der Waals surface area contributed by atoms with E-state index in [-0.39, 0.29) is 48.9 Å². The molecule has 0 aliphatic rings. The van der Waals surface area contributed by atoms with Crippen LogP contribution in [0, 0.1) is 0 Å². The molecular formula is C94H215N18O11S7+9. The van der Waals surface area contributed by atoms with E-state index in [2.05, 4.69) is 204 Å². The molecular weight excluding hydrogens is 1780 g/mol. The van der Waals surface area contributed by atoms with Crippen LogP contribution >= 0.6 is 82.3 Å². The number of nitrogens with zero attached hydrogens (tertiary/aromatic N) is 11. The van der Waals surface area contributed by atoms with Crippen LogP contribution in [0.2, 0.25) is 0 Å². The van der Waals surface area contributed by atoms with Crippen LogP contribution in [0.1, 0.15) is 222 Å². The van der Waals surface area contributed by atoms with Gasteiger partial charge < -0.3 is 98.5 Å². The number of thioether (sulfide) groups is 7. The number of amides is 9. The first-order chi connectivity index (χ1) is 61.0. The Hall–Kier alpha value is -3.08. The van der Waals surface area contributed by atoms with Crippen molar-refractivity contribution in [2.24, 2.45) is 22.9 Å². The third kappa shape index (κ3) is 86.5. The second-order valence-corrected chi connectivity index (χ2v) is 43.4. The molecule has 0 saturated heterocycles. The standard InChI is InChI=1S/C14H31N2O2.C13H29N2O2.2C12H26N2OS.C11H24N2OS.C10H22N2OS.C9H20N2OS.C7H16N2OS.C6H14N2OS/c1-6-9-11-16(8-3,10-7-2)12-13-18-14(17)15(4)5;1-6-9-15(8-3,10-7-2)11-12-17-13(16)14(4)5;1-5-8-14(7-3,9-6-2)10-11-16-12(15)13-4;1-4-7-9-14(6-3,8-5-2)10-11-16-12(13)15;1-4-7-13(6-3,8-5-2)9-10-15-11(12)14;1-5-12(6-2,7-3)8-9-14-10(13)11-4;1-4-11(5-2,6-3)7-8-13-9(10)12;1-8-7(10)11-6-5-9(2,3)4;1-8(2,3)4-5-10-6(7)9/h6-13H2,1-5H3;6-12H2,1-5H3;5-11H2,1-4H3;4-11H2,1-3H3,(H-,13,15);4-10H2,1-3H3,(H-,12,14);5-9H2,1-4H3;4-8H2,1-3H3,(H-,10,12);5-6H2,1-4H3;4-5H2,1-3H3,(H-,7,9)/q2*+1;;;;;;;/p+7. The molecule has 0 saturated carbocycles. The van der Waals surface area contributed by atoms with Crippen LogP contribution in [0.15, 0.2) is 0 Å². The Bertz CT molecular complexity index is 2700. The second kappa shape index (κ2) is 91.0. The summed E-state index contributed by atoms with van der Waals surface area (Å²) in [7, 11) is 24.5. The van der Waals surface area contributed by atoms with Gasteiger partial charge in [0.2, 0.25) is 0 Å². The van der Waals surface area contributed by atoms with Gasteiger partial charge in [-0.2, -0.15) is 0 Å². The van der Waals surface area contributed by atoms with Crippen LogP contribution < -0.4 is 38.9 Å². The molecule has 0 rings (SSSR count). The van der Waals surface area contributed by atoms with E-state index in [9.17, 15) is 43.2 Å². The maximum absolute atomic E-state index is 11.4. The molecule has 11 N–H and O–H groups in total. The van der Waals surface area contributed by atoms with Crippen molar-refractivity contribution in [3.63, 3.8) is 0 Å². The summed E-state index contributed by atoms with van der Waals surface area (Å²) in [4.78, 5) is 101. The highest BCUT2D eigenvalue weighted by atomic mass is 32.2. The number of carbonyl (C=O) groups excluding carboxylic acids is 9. The van der Waals surface area contributed by atoms with E-state index in [1.54, 1.807) is 49.3 Å². The molecule has 0 aliphatic heterocycles. The Morgan fingerprint density at radius 3 is 0.577 bits per heavy atom. The van der Waals surface area contributed by atoms with E-state index in [1.165, 1.54) is 241 Å². The number of nitrogens with one attached hydrogen (secondary N) is 3. The van der Waals surface area contributed by atoms with E-state index >= 15 is 0 Å². The van der Waals surface area contributed by atoms with Crippen LogP contribution in [0.3, 0.4) is 0 Å². The maximum Gasteiger partial charge on any atom is 0.409 e. The number of hydrogen-bond donors (Lipinski definition) is 7. The number of carbonyl (C=O) groups is 9. The summed E-state index contributed by atoms with van der Waals surface area (Å²) in [6.45, 7) is 81.6. The SMILES string of the molecule is CCCC[N+](CC)(CCC)CCOC(=O)N(C)C.CCCC[N+](CC)(CCC)CCSC(N)=O.CCC[N+](CC)(CCC)CCOC(=O)N(C)C.CCC[N+](CC)(CCC)CCSC(=O)NC.CCC[N+](CC)(CCC)CCSC(N)=O.CC[N+](CC)(CC)CCSC(=O)NC.CC[N+](CC)(CC)CCSC(N)=O.CNC(=O)SCC[N+](C)(C)C.C[N+](C)(C)CCSC(N)=O.